The van der Waals surface area contributed by atoms with Crippen LogP contribution in [0.3, 0.4) is 0 Å². The predicted octanol–water partition coefficient (Wildman–Crippen LogP) is 4.51. The first-order valence-corrected chi connectivity index (χ1v) is 9.69. The topological polar surface area (TPSA) is 79.5 Å². The van der Waals surface area contributed by atoms with Crippen LogP contribution in [0.4, 0.5) is 17.6 Å². The second-order valence-electron chi connectivity index (χ2n) is 8.22. The van der Waals surface area contributed by atoms with Crippen molar-refractivity contribution in [3.8, 4) is 22.6 Å². The van der Waals surface area contributed by atoms with Gasteiger partial charge in [-0.3, -0.25) is 4.79 Å². The van der Waals surface area contributed by atoms with Crippen LogP contribution in [0.5, 0.6) is 0 Å². The van der Waals surface area contributed by atoms with Crippen molar-refractivity contribution in [1.82, 2.24) is 15.1 Å². The van der Waals surface area contributed by atoms with Crippen LogP contribution in [-0.2, 0) is 6.54 Å². The number of aromatic nitrogens is 2. The van der Waals surface area contributed by atoms with Crippen molar-refractivity contribution in [2.45, 2.75) is 45.1 Å². The summed E-state index contributed by atoms with van der Waals surface area (Å²) >= 11 is 0. The minimum absolute atomic E-state index is 0.0220. The molecule has 0 aliphatic carbocycles. The highest BCUT2D eigenvalue weighted by atomic mass is 19.4. The molecule has 6 nitrogen and oxygen atoms in total. The highest BCUT2D eigenvalue weighted by molar-refractivity contribution is 6.05. The Bertz CT molecular complexity index is 1170. The van der Waals surface area contributed by atoms with E-state index in [0.29, 0.717) is 21.9 Å². The van der Waals surface area contributed by atoms with Crippen LogP contribution in [0.15, 0.2) is 40.8 Å². The highest BCUT2D eigenvalue weighted by Crippen LogP contribution is 2.40. The van der Waals surface area contributed by atoms with E-state index in [9.17, 15) is 27.5 Å². The molecule has 1 atom stereocenters. The van der Waals surface area contributed by atoms with Crippen molar-refractivity contribution >= 4 is 5.91 Å². The van der Waals surface area contributed by atoms with Gasteiger partial charge in [-0.05, 0) is 54.8 Å². The summed E-state index contributed by atoms with van der Waals surface area (Å²) in [7, 11) is 0. The number of aryl methyl sites for hydroxylation is 1. The molecule has 4 rings (SSSR count). The van der Waals surface area contributed by atoms with E-state index in [1.807, 2.05) is 0 Å². The molecule has 168 valence electrons. The molecular weight excluding hydrogens is 430 g/mol. The van der Waals surface area contributed by atoms with Gasteiger partial charge in [-0.15, -0.1) is 10.2 Å². The van der Waals surface area contributed by atoms with Crippen molar-refractivity contribution in [3.63, 3.8) is 0 Å². The first-order valence-electron chi connectivity index (χ1n) is 9.69. The quantitative estimate of drug-likeness (QED) is 0.593. The van der Waals surface area contributed by atoms with Crippen LogP contribution < -0.4 is 0 Å². The monoisotopic (exact) mass is 449 g/mol. The number of carbonyl (C=O) groups excluding carboxylic acids is 1. The van der Waals surface area contributed by atoms with Gasteiger partial charge in [0, 0.05) is 19.0 Å². The van der Waals surface area contributed by atoms with Crippen LogP contribution in [0.25, 0.3) is 22.6 Å². The van der Waals surface area contributed by atoms with Gasteiger partial charge in [-0.25, -0.2) is 4.39 Å². The molecule has 2 aromatic carbocycles. The largest absolute Gasteiger partial charge is 0.421 e. The molecule has 2 heterocycles. The van der Waals surface area contributed by atoms with Crippen LogP contribution in [0.1, 0.15) is 35.7 Å². The van der Waals surface area contributed by atoms with Gasteiger partial charge in [0.2, 0.25) is 11.8 Å². The Balaban J connectivity index is 1.76. The molecule has 1 aliphatic rings. The first-order chi connectivity index (χ1) is 14.9. The number of aliphatic hydroxyl groups is 1. The van der Waals surface area contributed by atoms with Gasteiger partial charge >= 0.3 is 6.18 Å². The summed E-state index contributed by atoms with van der Waals surface area (Å²) in [6.45, 7) is 3.15. The van der Waals surface area contributed by atoms with Gasteiger partial charge in [-0.1, -0.05) is 12.1 Å². The van der Waals surface area contributed by atoms with Gasteiger partial charge in [0.25, 0.3) is 5.91 Å². The number of benzene rings is 2. The van der Waals surface area contributed by atoms with Gasteiger partial charge in [-0.2, -0.15) is 13.2 Å². The zero-order valence-corrected chi connectivity index (χ0v) is 17.4. The Hall–Kier alpha value is -3.27. The van der Waals surface area contributed by atoms with Crippen LogP contribution >= 0.6 is 0 Å². The normalized spacial score (nSPS) is 15.2. The fourth-order valence-corrected chi connectivity index (χ4v) is 4.04. The lowest BCUT2D eigenvalue weighted by Gasteiger charge is -2.37. The number of halogens is 4. The molecule has 0 spiro atoms. The fourth-order valence-electron chi connectivity index (χ4n) is 4.04. The first kappa shape index (κ1) is 21.9. The number of nitrogens with zero attached hydrogens (tertiary/aromatic N) is 3. The summed E-state index contributed by atoms with van der Waals surface area (Å²) < 4.78 is 60.9. The van der Waals surface area contributed by atoms with E-state index < -0.39 is 36.1 Å². The third kappa shape index (κ3) is 3.86. The van der Waals surface area contributed by atoms with E-state index >= 15 is 0 Å². The molecule has 0 saturated heterocycles. The maximum atomic E-state index is 14.3. The maximum absolute atomic E-state index is 14.3. The molecule has 1 aromatic heterocycles. The van der Waals surface area contributed by atoms with E-state index in [2.05, 4.69) is 10.2 Å². The molecule has 1 amide bonds. The summed E-state index contributed by atoms with van der Waals surface area (Å²) in [6, 6.07) is 6.16. The maximum Gasteiger partial charge on any atom is 0.411 e. The molecular formula is C22H19F4N3O3. The van der Waals surface area contributed by atoms with Crippen molar-refractivity contribution in [2.24, 2.45) is 0 Å². The zero-order chi connectivity index (χ0) is 23.4. The lowest BCUT2D eigenvalue weighted by molar-refractivity contribution is -0.219. The number of carbonyl (C=O) groups is 1. The lowest BCUT2D eigenvalue weighted by Crippen LogP contribution is -2.57. The van der Waals surface area contributed by atoms with Gasteiger partial charge < -0.3 is 14.4 Å². The number of rotatable bonds is 4. The summed E-state index contributed by atoms with van der Waals surface area (Å²) in [6.07, 6.45) is -4.88. The smallest absolute Gasteiger partial charge is 0.411 e. The number of alkyl halides is 3. The lowest BCUT2D eigenvalue weighted by atomic mass is 9.95. The molecule has 0 fully saturated rings. The Morgan fingerprint density at radius 3 is 2.25 bits per heavy atom. The molecule has 0 saturated carbocycles. The number of amides is 1. The Labute approximate surface area is 180 Å². The summed E-state index contributed by atoms with van der Waals surface area (Å²) in [5.41, 5.74) is -0.959. The Morgan fingerprint density at radius 1 is 1.09 bits per heavy atom. The Kier molecular flexibility index (Phi) is 5.08. The molecule has 1 aliphatic heterocycles. The second-order valence-corrected chi connectivity index (χ2v) is 8.22. The molecule has 1 N–H and O–H groups in total. The molecule has 10 heteroatoms. The third-order valence-electron chi connectivity index (χ3n) is 5.26. The molecule has 0 radical (unpaired) electrons. The van der Waals surface area contributed by atoms with Crippen molar-refractivity contribution in [2.75, 3.05) is 0 Å². The standard InChI is InChI=1S/C22H19F4N3O3/c1-11-27-28-18(32-11)13-6-4-12(5-7-13)16-9-15(23)8-14-10-29(19(30)17(14)16)20(21(2,3)31)22(24,25)26/h4-9,20,31H,10H2,1-3H3/t20-/m0/s1. The minimum Gasteiger partial charge on any atom is -0.421 e. The second kappa shape index (κ2) is 7.40. The summed E-state index contributed by atoms with van der Waals surface area (Å²) in [5, 5.41) is 17.8. The zero-order valence-electron chi connectivity index (χ0n) is 17.4. The van der Waals surface area contributed by atoms with E-state index in [1.54, 1.807) is 31.2 Å². The van der Waals surface area contributed by atoms with Gasteiger partial charge in [0.1, 0.15) is 5.82 Å². The van der Waals surface area contributed by atoms with Crippen molar-refractivity contribution in [1.29, 1.82) is 0 Å². The van der Waals surface area contributed by atoms with E-state index in [-0.39, 0.29) is 22.6 Å². The minimum atomic E-state index is -4.88. The summed E-state index contributed by atoms with van der Waals surface area (Å²) in [4.78, 5) is 13.6. The van der Waals surface area contributed by atoms with Gasteiger partial charge in [0.15, 0.2) is 6.04 Å². The van der Waals surface area contributed by atoms with E-state index in [0.717, 1.165) is 26.0 Å². The molecule has 0 unspecified atom stereocenters. The number of fused-ring (bicyclic) bond motifs is 1. The van der Waals surface area contributed by atoms with Gasteiger partial charge in [0.05, 0.1) is 11.2 Å². The predicted molar refractivity (Wildman–Crippen MR) is 106 cm³/mol. The highest BCUT2D eigenvalue weighted by Gasteiger charge is 2.55. The van der Waals surface area contributed by atoms with Crippen LogP contribution in [-0.4, -0.2) is 43.9 Å². The van der Waals surface area contributed by atoms with Crippen LogP contribution in [0, 0.1) is 12.7 Å². The molecule has 3 aromatic rings. The third-order valence-corrected chi connectivity index (χ3v) is 5.26. The average molecular weight is 449 g/mol. The summed E-state index contributed by atoms with van der Waals surface area (Å²) in [5.74, 6) is -0.949. The molecule has 32 heavy (non-hydrogen) atoms. The molecule has 0 bridgehead atoms. The van der Waals surface area contributed by atoms with E-state index in [1.165, 1.54) is 0 Å². The van der Waals surface area contributed by atoms with E-state index in [4.69, 9.17) is 4.42 Å². The van der Waals surface area contributed by atoms with Crippen molar-refractivity contribution in [3.05, 3.63) is 59.2 Å². The number of hydrogen-bond donors (Lipinski definition) is 1. The SMILES string of the molecule is Cc1nnc(-c2ccc(-c3cc(F)cc4c3C(=O)N([C@@H](C(C)(C)O)C(F)(F)F)C4)cc2)o1. The number of hydrogen-bond acceptors (Lipinski definition) is 5. The average Bonchev–Trinajstić information content (AvgIpc) is 3.23. The van der Waals surface area contributed by atoms with Crippen molar-refractivity contribution < 1.29 is 31.9 Å². The fraction of sp³-hybridized carbons (Fsp3) is 0.318. The Morgan fingerprint density at radius 2 is 1.72 bits per heavy atom. The van der Waals surface area contributed by atoms with Crippen LogP contribution in [0.2, 0.25) is 0 Å².